The second-order valence-electron chi connectivity index (χ2n) is 4.19. The first-order valence-corrected chi connectivity index (χ1v) is 7.27. The van der Waals surface area contributed by atoms with E-state index in [2.05, 4.69) is 10.3 Å². The number of carbonyl (C=O) groups excluding carboxylic acids is 2. The van der Waals surface area contributed by atoms with Gasteiger partial charge in [0.1, 0.15) is 11.7 Å². The number of rotatable bonds is 5. The lowest BCUT2D eigenvalue weighted by Crippen LogP contribution is -2.25. The van der Waals surface area contributed by atoms with Gasteiger partial charge in [0.25, 0.3) is 5.91 Å². The van der Waals surface area contributed by atoms with Crippen LogP contribution in [-0.4, -0.2) is 41.2 Å². The molecule has 1 aromatic rings. The molecule has 0 bridgehead atoms. The number of ether oxygens (including phenoxy) is 1. The van der Waals surface area contributed by atoms with Crippen LogP contribution in [0.25, 0.3) is 0 Å². The van der Waals surface area contributed by atoms with Crippen molar-refractivity contribution in [1.29, 1.82) is 0 Å². The molecule has 0 atom stereocenters. The fraction of sp³-hybridized carbons (Fsp3) is 0.308. The Hall–Kier alpha value is -2.06. The summed E-state index contributed by atoms with van der Waals surface area (Å²) in [5, 5.41) is 11.9. The molecule has 1 aliphatic rings. The average molecular weight is 309 g/mol. The first kappa shape index (κ1) is 15.3. The number of benzene rings is 1. The van der Waals surface area contributed by atoms with Crippen molar-refractivity contribution >= 4 is 28.8 Å². The molecule has 8 heteroatoms. The highest BCUT2D eigenvalue weighted by Crippen LogP contribution is 2.11. The Labute approximate surface area is 125 Å². The first-order valence-electron chi connectivity index (χ1n) is 6.29. The van der Waals surface area contributed by atoms with E-state index in [1.54, 1.807) is 41.5 Å². The number of hydrogen-bond acceptors (Lipinski definition) is 6. The smallest absolute Gasteiger partial charge is 0.407 e. The minimum Gasteiger partial charge on any atom is -0.442 e. The number of carbonyl (C=O) groups is 2. The molecule has 0 saturated heterocycles. The second-order valence-corrected chi connectivity index (χ2v) is 5.36. The highest BCUT2D eigenvalue weighted by molar-refractivity contribution is 8.14. The topological polar surface area (TPSA) is 100 Å². The lowest BCUT2D eigenvalue weighted by atomic mass is 10.1. The van der Waals surface area contributed by atoms with E-state index < -0.39 is 12.0 Å². The maximum atomic E-state index is 11.5. The minimum absolute atomic E-state index is 0.201. The number of hydroxylamine groups is 1. The van der Waals surface area contributed by atoms with Crippen LogP contribution in [0.1, 0.15) is 15.9 Å². The lowest BCUT2D eigenvalue weighted by Gasteiger charge is -2.07. The molecule has 0 aliphatic carbocycles. The third-order valence-corrected chi connectivity index (χ3v) is 3.70. The van der Waals surface area contributed by atoms with Crippen LogP contribution in [0.2, 0.25) is 0 Å². The van der Waals surface area contributed by atoms with Gasteiger partial charge in [-0.3, -0.25) is 15.0 Å². The third kappa shape index (κ3) is 4.76. The molecular weight excluding hydrogens is 294 g/mol. The Morgan fingerprint density at radius 1 is 1.33 bits per heavy atom. The number of nitrogens with one attached hydrogen (secondary N) is 2. The number of hydrogen-bond donors (Lipinski definition) is 3. The molecule has 2 amide bonds. The number of thioether (sulfide) groups is 1. The SMILES string of the molecule is O=C(NCc1ccc(C(=O)NO)cc1)OCC1=NCCS1. The molecule has 1 heterocycles. The van der Waals surface area contributed by atoms with E-state index in [9.17, 15) is 9.59 Å². The largest absolute Gasteiger partial charge is 0.442 e. The van der Waals surface area contributed by atoms with Crippen LogP contribution in [-0.2, 0) is 11.3 Å². The molecule has 0 fully saturated rings. The summed E-state index contributed by atoms with van der Waals surface area (Å²) in [6, 6.07) is 6.47. The average Bonchev–Trinajstić information content (AvgIpc) is 3.04. The van der Waals surface area contributed by atoms with Crippen LogP contribution in [0.3, 0.4) is 0 Å². The summed E-state index contributed by atoms with van der Waals surface area (Å²) in [6.07, 6.45) is -0.512. The zero-order chi connectivity index (χ0) is 15.1. The van der Waals surface area contributed by atoms with Gasteiger partial charge >= 0.3 is 6.09 Å². The molecule has 21 heavy (non-hydrogen) atoms. The molecule has 112 valence electrons. The van der Waals surface area contributed by atoms with Crippen LogP contribution in [0.5, 0.6) is 0 Å². The van der Waals surface area contributed by atoms with Gasteiger partial charge in [0, 0.05) is 24.4 Å². The number of amides is 2. The number of alkyl carbamates (subject to hydrolysis) is 1. The Morgan fingerprint density at radius 2 is 2.10 bits per heavy atom. The van der Waals surface area contributed by atoms with Gasteiger partial charge < -0.3 is 10.1 Å². The van der Waals surface area contributed by atoms with Gasteiger partial charge in [-0.05, 0) is 17.7 Å². The van der Waals surface area contributed by atoms with Crippen LogP contribution < -0.4 is 10.8 Å². The van der Waals surface area contributed by atoms with E-state index in [4.69, 9.17) is 9.94 Å². The van der Waals surface area contributed by atoms with E-state index >= 15 is 0 Å². The van der Waals surface area contributed by atoms with Crippen molar-refractivity contribution in [2.45, 2.75) is 6.54 Å². The summed E-state index contributed by atoms with van der Waals surface area (Å²) in [5.41, 5.74) is 2.70. The molecule has 3 N–H and O–H groups in total. The summed E-state index contributed by atoms with van der Waals surface area (Å²) < 4.78 is 5.03. The fourth-order valence-corrected chi connectivity index (χ4v) is 2.40. The Balaban J connectivity index is 1.74. The van der Waals surface area contributed by atoms with Gasteiger partial charge in [0.05, 0.1) is 0 Å². The zero-order valence-electron chi connectivity index (χ0n) is 11.2. The van der Waals surface area contributed by atoms with Crippen LogP contribution in [0, 0.1) is 0 Å². The van der Waals surface area contributed by atoms with E-state index in [1.807, 2.05) is 0 Å². The van der Waals surface area contributed by atoms with Crippen molar-refractivity contribution in [1.82, 2.24) is 10.8 Å². The van der Waals surface area contributed by atoms with Crippen LogP contribution in [0.15, 0.2) is 29.3 Å². The van der Waals surface area contributed by atoms with Gasteiger partial charge in [-0.25, -0.2) is 10.3 Å². The maximum Gasteiger partial charge on any atom is 0.407 e. The molecule has 0 saturated carbocycles. The third-order valence-electron chi connectivity index (χ3n) is 2.73. The molecule has 0 radical (unpaired) electrons. The molecule has 1 aliphatic heterocycles. The number of aliphatic imine (C=N–C) groups is 1. The van der Waals surface area contributed by atoms with Crippen molar-refractivity contribution in [3.8, 4) is 0 Å². The van der Waals surface area contributed by atoms with E-state index in [1.165, 1.54) is 0 Å². The zero-order valence-corrected chi connectivity index (χ0v) is 12.0. The van der Waals surface area contributed by atoms with Crippen molar-refractivity contribution in [3.05, 3.63) is 35.4 Å². The Kier molecular flexibility index (Phi) is 5.59. The highest BCUT2D eigenvalue weighted by atomic mass is 32.2. The lowest BCUT2D eigenvalue weighted by molar-refractivity contribution is 0.0706. The first-order chi connectivity index (χ1) is 10.2. The molecular formula is C13H15N3O4S. The second kappa shape index (κ2) is 7.65. The Morgan fingerprint density at radius 3 is 2.71 bits per heavy atom. The molecule has 1 aromatic carbocycles. The minimum atomic E-state index is -0.580. The van der Waals surface area contributed by atoms with Crippen LogP contribution in [0.4, 0.5) is 4.79 Å². The quantitative estimate of drug-likeness (QED) is 0.560. The molecule has 7 nitrogen and oxygen atoms in total. The summed E-state index contributed by atoms with van der Waals surface area (Å²) in [6.45, 7) is 1.27. The van der Waals surface area contributed by atoms with Gasteiger partial charge in [-0.1, -0.05) is 12.1 Å². The highest BCUT2D eigenvalue weighted by Gasteiger charge is 2.10. The maximum absolute atomic E-state index is 11.5. The van der Waals surface area contributed by atoms with E-state index in [0.29, 0.717) is 12.1 Å². The summed E-state index contributed by atoms with van der Waals surface area (Å²) >= 11 is 1.59. The molecule has 2 rings (SSSR count). The van der Waals surface area contributed by atoms with Crippen LogP contribution >= 0.6 is 11.8 Å². The van der Waals surface area contributed by atoms with Gasteiger partial charge in [0.2, 0.25) is 0 Å². The molecule has 0 aromatic heterocycles. The predicted octanol–water partition coefficient (Wildman–Crippen LogP) is 1.18. The van der Waals surface area contributed by atoms with Gasteiger partial charge in [-0.15, -0.1) is 11.8 Å². The summed E-state index contributed by atoms with van der Waals surface area (Å²) in [4.78, 5) is 26.8. The molecule has 0 unspecified atom stereocenters. The van der Waals surface area contributed by atoms with E-state index in [0.717, 1.165) is 22.9 Å². The van der Waals surface area contributed by atoms with E-state index in [-0.39, 0.29) is 6.61 Å². The van der Waals surface area contributed by atoms with Gasteiger partial charge in [-0.2, -0.15) is 0 Å². The molecule has 0 spiro atoms. The van der Waals surface area contributed by atoms with Crippen molar-refractivity contribution < 1.29 is 19.5 Å². The summed E-state index contributed by atoms with van der Waals surface area (Å²) in [5.74, 6) is 0.359. The fourth-order valence-electron chi connectivity index (χ4n) is 1.66. The van der Waals surface area contributed by atoms with Crippen molar-refractivity contribution in [2.24, 2.45) is 4.99 Å². The predicted molar refractivity (Wildman–Crippen MR) is 78.6 cm³/mol. The van der Waals surface area contributed by atoms with Crippen molar-refractivity contribution in [3.63, 3.8) is 0 Å². The van der Waals surface area contributed by atoms with Crippen molar-refractivity contribution in [2.75, 3.05) is 18.9 Å². The standard InChI is InChI=1S/C13H15N3O4S/c17-12(16-19)10-3-1-9(2-4-10)7-15-13(18)20-8-11-14-5-6-21-11/h1-4,19H,5-8H2,(H,15,18)(H,16,17). The summed E-state index contributed by atoms with van der Waals surface area (Å²) in [7, 11) is 0. The number of nitrogens with zero attached hydrogens (tertiary/aromatic N) is 1. The van der Waals surface area contributed by atoms with Gasteiger partial charge in [0.15, 0.2) is 0 Å². The Bertz CT molecular complexity index is 545. The normalized spacial score (nSPS) is 13.5. The monoisotopic (exact) mass is 309 g/mol.